The highest BCUT2D eigenvalue weighted by Crippen LogP contribution is 2.34. The zero-order valence-electron chi connectivity index (χ0n) is 31.1. The van der Waals surface area contributed by atoms with E-state index in [1.807, 2.05) is 20.8 Å². The van der Waals surface area contributed by atoms with Crippen LogP contribution < -0.4 is 26.4 Å². The van der Waals surface area contributed by atoms with Crippen LogP contribution in [-0.4, -0.2) is 63.9 Å². The van der Waals surface area contributed by atoms with E-state index in [1.165, 1.54) is 12.1 Å². The SMILES string of the molecule is CC(C)C[C@](C)(N)COc1ccc(-c2ccnc(Nc3ccc(C(=O)N4CCC(c5ccc(NC6CCC(=O)NC6=O)cc5F)CC4)cc3)c2)nc1C(F)F. The number of likely N-dealkylation sites (tertiary alicyclic amines) is 1. The molecule has 2 aliphatic heterocycles. The standard InChI is InChI=1S/C41H46F3N7O4/c1-24(2)22-41(3,45)23-55-34-12-10-32(49-37(34)38(43)44)27-14-17-46-35(20-27)48-28-6-4-26(5-7-28)40(54)51-18-15-25(16-19-51)30-9-8-29(21-31(30)42)47-33-11-13-36(52)50-39(33)53/h4-10,12,14,17,20-21,24-25,33,38,47H,11,13,15-16,18-19,22-23,45H2,1-3H3,(H,46,48)(H,50,52,53)/t33?,41-/m0/s1. The van der Waals surface area contributed by atoms with Crippen LogP contribution in [0.2, 0.25) is 0 Å². The number of pyridine rings is 2. The summed E-state index contributed by atoms with van der Waals surface area (Å²) in [6, 6.07) is 17.7. The summed E-state index contributed by atoms with van der Waals surface area (Å²) in [6.07, 6.45) is 1.14. The highest BCUT2D eigenvalue weighted by Gasteiger charge is 2.29. The van der Waals surface area contributed by atoms with Crippen molar-refractivity contribution in [1.82, 2.24) is 20.2 Å². The number of alkyl halides is 2. The van der Waals surface area contributed by atoms with Crippen LogP contribution in [-0.2, 0) is 9.59 Å². The number of nitrogens with one attached hydrogen (secondary N) is 3. The first-order valence-corrected chi connectivity index (χ1v) is 18.5. The number of nitrogens with zero attached hydrogens (tertiary/aromatic N) is 3. The van der Waals surface area contributed by atoms with Gasteiger partial charge in [0.15, 0.2) is 0 Å². The number of rotatable bonds is 13. The Morgan fingerprint density at radius 3 is 2.42 bits per heavy atom. The van der Waals surface area contributed by atoms with E-state index in [4.69, 9.17) is 10.5 Å². The molecule has 0 aliphatic carbocycles. The van der Waals surface area contributed by atoms with Gasteiger partial charge in [0.05, 0.1) is 5.69 Å². The molecule has 0 spiro atoms. The average Bonchev–Trinajstić information content (AvgIpc) is 3.15. The highest BCUT2D eigenvalue weighted by atomic mass is 19.3. The maximum Gasteiger partial charge on any atom is 0.284 e. The van der Waals surface area contributed by atoms with E-state index in [9.17, 15) is 23.2 Å². The number of benzene rings is 2. The van der Waals surface area contributed by atoms with Crippen molar-refractivity contribution in [1.29, 1.82) is 0 Å². The third-order valence-electron chi connectivity index (χ3n) is 9.79. The number of carbonyl (C=O) groups is 3. The molecule has 0 saturated carbocycles. The quantitative estimate of drug-likeness (QED) is 0.103. The van der Waals surface area contributed by atoms with Gasteiger partial charge in [-0.15, -0.1) is 0 Å². The summed E-state index contributed by atoms with van der Waals surface area (Å²) in [5.41, 5.74) is 8.28. The van der Waals surface area contributed by atoms with Gasteiger partial charge in [-0.2, -0.15) is 0 Å². The van der Waals surface area contributed by atoms with E-state index in [2.05, 4.69) is 25.9 Å². The van der Waals surface area contributed by atoms with E-state index in [0.717, 1.165) is 0 Å². The van der Waals surface area contributed by atoms with Gasteiger partial charge in [-0.25, -0.2) is 23.1 Å². The molecule has 11 nitrogen and oxygen atoms in total. The van der Waals surface area contributed by atoms with Crippen LogP contribution in [0, 0.1) is 11.7 Å². The number of aromatic nitrogens is 2. The third kappa shape index (κ3) is 9.98. The lowest BCUT2D eigenvalue weighted by molar-refractivity contribution is -0.133. The Morgan fingerprint density at radius 1 is 1.02 bits per heavy atom. The fourth-order valence-electron chi connectivity index (χ4n) is 7.19. The molecular formula is C41H46F3N7O4. The van der Waals surface area contributed by atoms with E-state index < -0.39 is 29.6 Å². The lowest BCUT2D eigenvalue weighted by Gasteiger charge is -2.32. The van der Waals surface area contributed by atoms with E-state index >= 15 is 4.39 Å². The van der Waals surface area contributed by atoms with Crippen LogP contribution in [0.15, 0.2) is 72.9 Å². The van der Waals surface area contributed by atoms with Crippen molar-refractivity contribution in [3.63, 3.8) is 0 Å². The maximum atomic E-state index is 15.2. The number of piperidine rings is 2. The predicted molar refractivity (Wildman–Crippen MR) is 204 cm³/mol. The average molecular weight is 758 g/mol. The molecule has 0 bridgehead atoms. The summed E-state index contributed by atoms with van der Waals surface area (Å²) in [4.78, 5) is 47.2. The van der Waals surface area contributed by atoms with Gasteiger partial charge in [0, 0.05) is 53.7 Å². The van der Waals surface area contributed by atoms with Gasteiger partial charge in [-0.3, -0.25) is 19.7 Å². The van der Waals surface area contributed by atoms with Crippen molar-refractivity contribution in [3.8, 4) is 17.0 Å². The van der Waals surface area contributed by atoms with Gasteiger partial charge >= 0.3 is 0 Å². The molecule has 4 heterocycles. The number of imide groups is 1. The summed E-state index contributed by atoms with van der Waals surface area (Å²) >= 11 is 0. The lowest BCUT2D eigenvalue weighted by atomic mass is 9.88. The Kier molecular flexibility index (Phi) is 12.0. The molecular weight excluding hydrogens is 711 g/mol. The van der Waals surface area contributed by atoms with Gasteiger partial charge < -0.3 is 26.0 Å². The Morgan fingerprint density at radius 2 is 1.75 bits per heavy atom. The molecule has 5 N–H and O–H groups in total. The van der Waals surface area contributed by atoms with Crippen LogP contribution in [0.1, 0.15) is 86.8 Å². The monoisotopic (exact) mass is 757 g/mol. The molecule has 0 radical (unpaired) electrons. The number of carbonyl (C=O) groups excluding carboxylic acids is 3. The van der Waals surface area contributed by atoms with Crippen molar-refractivity contribution in [2.24, 2.45) is 11.7 Å². The molecule has 1 unspecified atom stereocenters. The van der Waals surface area contributed by atoms with Crippen molar-refractivity contribution < 1.29 is 32.3 Å². The second-order valence-electron chi connectivity index (χ2n) is 15.0. The van der Waals surface area contributed by atoms with Crippen LogP contribution in [0.5, 0.6) is 5.75 Å². The molecule has 55 heavy (non-hydrogen) atoms. The van der Waals surface area contributed by atoms with Crippen LogP contribution in [0.4, 0.5) is 30.4 Å². The number of amides is 3. The van der Waals surface area contributed by atoms with E-state index in [0.29, 0.717) is 84.3 Å². The zero-order valence-corrected chi connectivity index (χ0v) is 31.1. The minimum atomic E-state index is -2.85. The minimum absolute atomic E-state index is 0.00707. The summed E-state index contributed by atoms with van der Waals surface area (Å²) in [5.74, 6) is -0.526. The molecule has 2 aromatic carbocycles. The second-order valence-corrected chi connectivity index (χ2v) is 15.0. The smallest absolute Gasteiger partial charge is 0.284 e. The third-order valence-corrected chi connectivity index (χ3v) is 9.79. The first kappa shape index (κ1) is 39.2. The topological polar surface area (TPSA) is 152 Å². The lowest BCUT2D eigenvalue weighted by Crippen LogP contribution is -2.47. The fourth-order valence-corrected chi connectivity index (χ4v) is 7.19. The Bertz CT molecular complexity index is 2020. The van der Waals surface area contributed by atoms with Gasteiger partial charge in [-0.1, -0.05) is 19.9 Å². The van der Waals surface area contributed by atoms with Gasteiger partial charge in [-0.05, 0) is 111 Å². The molecule has 2 aromatic heterocycles. The molecule has 290 valence electrons. The van der Waals surface area contributed by atoms with Crippen molar-refractivity contribution in [2.75, 3.05) is 30.3 Å². The molecule has 2 fully saturated rings. The highest BCUT2D eigenvalue weighted by molar-refractivity contribution is 6.01. The Balaban J connectivity index is 1.03. The predicted octanol–water partition coefficient (Wildman–Crippen LogP) is 7.34. The van der Waals surface area contributed by atoms with E-state index in [-0.39, 0.29) is 42.3 Å². The summed E-state index contributed by atoms with van der Waals surface area (Å²) in [6.45, 7) is 6.91. The molecule has 6 rings (SSSR count). The maximum absolute atomic E-state index is 15.2. The molecule has 2 aliphatic rings. The van der Waals surface area contributed by atoms with Crippen LogP contribution >= 0.6 is 0 Å². The Hall–Kier alpha value is -5.50. The Labute approximate surface area is 318 Å². The normalized spacial score (nSPS) is 17.5. The van der Waals surface area contributed by atoms with Gasteiger partial charge in [0.25, 0.3) is 12.3 Å². The molecule has 2 saturated heterocycles. The number of anilines is 3. The molecule has 3 amide bonds. The summed E-state index contributed by atoms with van der Waals surface area (Å²) in [5, 5.41) is 8.49. The number of hydrogen-bond acceptors (Lipinski definition) is 9. The summed E-state index contributed by atoms with van der Waals surface area (Å²) < 4.78 is 49.0. The second kappa shape index (κ2) is 16.9. The van der Waals surface area contributed by atoms with Crippen molar-refractivity contribution in [3.05, 3.63) is 95.6 Å². The number of halogens is 3. The molecule has 14 heteroatoms. The fraction of sp³-hybridized carbons (Fsp3) is 0.390. The van der Waals surface area contributed by atoms with Gasteiger partial charge in [0.1, 0.15) is 35.7 Å². The van der Waals surface area contributed by atoms with Gasteiger partial charge in [0.2, 0.25) is 11.8 Å². The van der Waals surface area contributed by atoms with Crippen molar-refractivity contribution in [2.45, 2.75) is 76.8 Å². The molecule has 4 aromatic rings. The number of ether oxygens (including phenoxy) is 1. The first-order valence-electron chi connectivity index (χ1n) is 18.5. The zero-order chi connectivity index (χ0) is 39.3. The molecule has 2 atom stereocenters. The summed E-state index contributed by atoms with van der Waals surface area (Å²) in [7, 11) is 0. The first-order chi connectivity index (χ1) is 26.2. The number of nitrogens with two attached hydrogens (primary N) is 1. The van der Waals surface area contributed by atoms with Crippen LogP contribution in [0.3, 0.4) is 0 Å². The largest absolute Gasteiger partial charge is 0.490 e. The van der Waals surface area contributed by atoms with Crippen molar-refractivity contribution >= 4 is 34.9 Å². The van der Waals surface area contributed by atoms with Crippen LogP contribution in [0.25, 0.3) is 11.3 Å². The minimum Gasteiger partial charge on any atom is -0.490 e. The number of hydrogen-bond donors (Lipinski definition) is 4. The van der Waals surface area contributed by atoms with E-state index in [1.54, 1.807) is 65.7 Å².